The molecule has 2 atom stereocenters. The Hall–Kier alpha value is -1.18. The third kappa shape index (κ3) is 3.41. The van der Waals surface area contributed by atoms with Crippen molar-refractivity contribution < 1.29 is 9.90 Å². The predicted octanol–water partition coefficient (Wildman–Crippen LogP) is 5.76. The summed E-state index contributed by atoms with van der Waals surface area (Å²) in [5, 5.41) is 10.5. The van der Waals surface area contributed by atoms with Crippen molar-refractivity contribution in [3.05, 3.63) is 60.6 Å². The van der Waals surface area contributed by atoms with E-state index in [2.05, 4.69) is 22.6 Å². The van der Waals surface area contributed by atoms with Gasteiger partial charge < -0.3 is 15.7 Å². The molecule has 0 bridgehead atoms. The summed E-state index contributed by atoms with van der Waals surface area (Å²) in [4.78, 5) is 12.9. The van der Waals surface area contributed by atoms with Crippen molar-refractivity contribution >= 4 is 57.6 Å². The minimum absolute atomic E-state index is 0.136. The number of carboxylic acid groups (broad SMARTS) is 1. The van der Waals surface area contributed by atoms with E-state index >= 15 is 0 Å². The van der Waals surface area contributed by atoms with Crippen molar-refractivity contribution in [1.82, 2.24) is 4.90 Å². The standard InChI is InChI=1S/C18H17Cl2IN2O2/c1-23(18(24)25)15-7-4-10(9-2-5-12(19)13(20)8-9)11-3-6-14(22)17(21)16(11)15/h2-3,5-6,8,10,15H,4,7,22H2,1H3,(H,24,25)/t10-,15-/m0/s1. The Bertz CT molecular complexity index is 844. The number of hydrogen-bond acceptors (Lipinski definition) is 2. The van der Waals surface area contributed by atoms with Crippen LogP contribution >= 0.6 is 45.8 Å². The van der Waals surface area contributed by atoms with Crippen LogP contribution in [0.25, 0.3) is 0 Å². The van der Waals surface area contributed by atoms with Crippen LogP contribution in [0.1, 0.15) is 41.5 Å². The average molecular weight is 491 g/mol. The molecule has 3 N–H and O–H groups in total. The van der Waals surface area contributed by atoms with E-state index < -0.39 is 6.09 Å². The number of hydrogen-bond donors (Lipinski definition) is 2. The van der Waals surface area contributed by atoms with Gasteiger partial charge in [0.15, 0.2) is 0 Å². The molecule has 1 aliphatic rings. The van der Waals surface area contributed by atoms with E-state index in [1.54, 1.807) is 13.1 Å². The number of rotatable bonds is 2. The molecule has 2 aromatic rings. The lowest BCUT2D eigenvalue weighted by atomic mass is 9.76. The molecule has 2 aromatic carbocycles. The van der Waals surface area contributed by atoms with Crippen LogP contribution in [-0.2, 0) is 0 Å². The number of fused-ring (bicyclic) bond motifs is 1. The molecule has 0 unspecified atom stereocenters. The van der Waals surface area contributed by atoms with E-state index in [-0.39, 0.29) is 12.0 Å². The van der Waals surface area contributed by atoms with Gasteiger partial charge in [-0.15, -0.1) is 0 Å². The van der Waals surface area contributed by atoms with E-state index in [1.165, 1.54) is 4.90 Å². The van der Waals surface area contributed by atoms with Gasteiger partial charge in [-0.2, -0.15) is 0 Å². The maximum absolute atomic E-state index is 11.5. The van der Waals surface area contributed by atoms with Crippen LogP contribution in [0.2, 0.25) is 10.0 Å². The van der Waals surface area contributed by atoms with E-state index in [0.29, 0.717) is 15.7 Å². The van der Waals surface area contributed by atoms with E-state index in [4.69, 9.17) is 28.9 Å². The Morgan fingerprint density at radius 1 is 1.24 bits per heavy atom. The lowest BCUT2D eigenvalue weighted by molar-refractivity contribution is 0.132. The van der Waals surface area contributed by atoms with Gasteiger partial charge in [-0.3, -0.25) is 0 Å². The summed E-state index contributed by atoms with van der Waals surface area (Å²) in [5.74, 6) is 0.136. The molecule has 0 saturated heterocycles. The van der Waals surface area contributed by atoms with Crippen molar-refractivity contribution in [1.29, 1.82) is 0 Å². The first-order valence-corrected chi connectivity index (χ1v) is 9.63. The monoisotopic (exact) mass is 490 g/mol. The van der Waals surface area contributed by atoms with Crippen molar-refractivity contribution in [3.63, 3.8) is 0 Å². The molecular formula is C18H17Cl2IN2O2. The molecule has 132 valence electrons. The summed E-state index contributed by atoms with van der Waals surface area (Å²) in [7, 11) is 1.61. The van der Waals surface area contributed by atoms with Gasteiger partial charge in [0.25, 0.3) is 0 Å². The number of carbonyl (C=O) groups is 1. The zero-order valence-corrected chi connectivity index (χ0v) is 17.1. The number of halogens is 3. The highest BCUT2D eigenvalue weighted by molar-refractivity contribution is 14.1. The quantitative estimate of drug-likeness (QED) is 0.415. The zero-order valence-electron chi connectivity index (χ0n) is 13.5. The Morgan fingerprint density at radius 3 is 2.60 bits per heavy atom. The summed E-state index contributed by atoms with van der Waals surface area (Å²) in [6.45, 7) is 0. The van der Waals surface area contributed by atoms with Crippen molar-refractivity contribution in [3.8, 4) is 0 Å². The first-order chi connectivity index (χ1) is 11.8. The largest absolute Gasteiger partial charge is 0.465 e. The van der Waals surface area contributed by atoms with E-state index in [1.807, 2.05) is 24.3 Å². The maximum atomic E-state index is 11.5. The van der Waals surface area contributed by atoms with Gasteiger partial charge in [0.1, 0.15) is 0 Å². The van der Waals surface area contributed by atoms with Gasteiger partial charge in [-0.1, -0.05) is 35.3 Å². The molecule has 0 aromatic heterocycles. The maximum Gasteiger partial charge on any atom is 0.407 e. The smallest absolute Gasteiger partial charge is 0.407 e. The second-order valence-electron chi connectivity index (χ2n) is 6.18. The highest BCUT2D eigenvalue weighted by atomic mass is 127. The van der Waals surface area contributed by atoms with Crippen LogP contribution in [0.5, 0.6) is 0 Å². The molecule has 1 aliphatic carbocycles. The molecular weight excluding hydrogens is 474 g/mol. The Balaban J connectivity index is 2.13. The van der Waals surface area contributed by atoms with Crippen LogP contribution in [0.3, 0.4) is 0 Å². The number of amides is 1. The van der Waals surface area contributed by atoms with Gasteiger partial charge in [0.05, 0.1) is 16.1 Å². The molecule has 7 heteroatoms. The first-order valence-electron chi connectivity index (χ1n) is 7.79. The fraction of sp³-hybridized carbons (Fsp3) is 0.278. The lowest BCUT2D eigenvalue weighted by Crippen LogP contribution is -2.34. The predicted molar refractivity (Wildman–Crippen MR) is 110 cm³/mol. The molecule has 0 radical (unpaired) electrons. The number of nitrogens with two attached hydrogens (primary N) is 1. The molecule has 0 fully saturated rings. The van der Waals surface area contributed by atoms with E-state index in [0.717, 1.165) is 33.1 Å². The van der Waals surface area contributed by atoms with Crippen LogP contribution < -0.4 is 5.73 Å². The fourth-order valence-corrected chi connectivity index (χ4v) is 4.64. The molecule has 3 rings (SSSR count). The summed E-state index contributed by atoms with van der Waals surface area (Å²) >= 11 is 14.5. The summed E-state index contributed by atoms with van der Waals surface area (Å²) in [6.07, 6.45) is 0.607. The van der Waals surface area contributed by atoms with Gasteiger partial charge in [0.2, 0.25) is 0 Å². The highest BCUT2D eigenvalue weighted by Gasteiger charge is 2.34. The van der Waals surface area contributed by atoms with Gasteiger partial charge >= 0.3 is 6.09 Å². The van der Waals surface area contributed by atoms with Crippen molar-refractivity contribution in [2.45, 2.75) is 24.8 Å². The second kappa shape index (κ2) is 7.21. The van der Waals surface area contributed by atoms with Gasteiger partial charge in [0, 0.05) is 22.2 Å². The van der Waals surface area contributed by atoms with Crippen LogP contribution in [-0.4, -0.2) is 23.1 Å². The molecule has 0 spiro atoms. The van der Waals surface area contributed by atoms with Crippen molar-refractivity contribution in [2.24, 2.45) is 0 Å². The third-order valence-electron chi connectivity index (χ3n) is 4.80. The SMILES string of the molecule is CN(C(=O)O)[C@H]1CC[C@@H](c2ccc(Cl)c(Cl)c2)c2ccc(N)c(I)c21. The van der Waals surface area contributed by atoms with Gasteiger partial charge in [-0.05, 0) is 70.3 Å². The summed E-state index contributed by atoms with van der Waals surface area (Å²) in [5.41, 5.74) is 9.93. The number of anilines is 1. The Kier molecular flexibility index (Phi) is 5.37. The first kappa shape index (κ1) is 18.6. The molecule has 1 amide bonds. The second-order valence-corrected chi connectivity index (χ2v) is 8.08. The minimum atomic E-state index is -0.942. The summed E-state index contributed by atoms with van der Waals surface area (Å²) in [6, 6.07) is 9.35. The van der Waals surface area contributed by atoms with Crippen LogP contribution in [0.15, 0.2) is 30.3 Å². The molecule has 0 saturated carbocycles. The number of benzene rings is 2. The zero-order chi connectivity index (χ0) is 18.3. The van der Waals surface area contributed by atoms with Crippen LogP contribution in [0, 0.1) is 3.57 Å². The normalized spacial score (nSPS) is 19.4. The molecule has 4 nitrogen and oxygen atoms in total. The Labute approximate surface area is 170 Å². The minimum Gasteiger partial charge on any atom is -0.465 e. The third-order valence-corrected chi connectivity index (χ3v) is 6.74. The fourth-order valence-electron chi connectivity index (χ4n) is 3.49. The lowest BCUT2D eigenvalue weighted by Gasteiger charge is -2.37. The van der Waals surface area contributed by atoms with E-state index in [9.17, 15) is 9.90 Å². The topological polar surface area (TPSA) is 66.6 Å². The summed E-state index contributed by atoms with van der Waals surface area (Å²) < 4.78 is 0.915. The molecule has 0 heterocycles. The van der Waals surface area contributed by atoms with Crippen LogP contribution in [0.4, 0.5) is 10.5 Å². The van der Waals surface area contributed by atoms with Gasteiger partial charge in [-0.25, -0.2) is 4.79 Å². The molecule has 0 aliphatic heterocycles. The van der Waals surface area contributed by atoms with Crippen molar-refractivity contribution in [2.75, 3.05) is 12.8 Å². The average Bonchev–Trinajstić information content (AvgIpc) is 2.59. The number of nitrogen functional groups attached to an aromatic ring is 1. The number of nitrogens with zero attached hydrogens (tertiary/aromatic N) is 1. The Morgan fingerprint density at radius 2 is 1.96 bits per heavy atom. The highest BCUT2D eigenvalue weighted by Crippen LogP contribution is 2.46. The molecule has 25 heavy (non-hydrogen) atoms.